The van der Waals surface area contributed by atoms with E-state index < -0.39 is 6.09 Å². The lowest BCUT2D eigenvalue weighted by molar-refractivity contribution is 0.121. The number of carbonyl (C=O) groups excluding carboxylic acids is 1. The number of nitrogens with zero attached hydrogens (tertiary/aromatic N) is 2. The van der Waals surface area contributed by atoms with Crippen LogP contribution in [0.4, 0.5) is 10.6 Å². The summed E-state index contributed by atoms with van der Waals surface area (Å²) in [6, 6.07) is 17.1. The van der Waals surface area contributed by atoms with E-state index in [0.717, 1.165) is 22.4 Å². The highest BCUT2D eigenvalue weighted by molar-refractivity contribution is 5.90. The van der Waals surface area contributed by atoms with E-state index in [9.17, 15) is 4.79 Å². The van der Waals surface area contributed by atoms with E-state index in [1.54, 1.807) is 25.0 Å². The van der Waals surface area contributed by atoms with Gasteiger partial charge >= 0.3 is 6.09 Å². The van der Waals surface area contributed by atoms with E-state index in [0.29, 0.717) is 5.82 Å². The zero-order valence-corrected chi connectivity index (χ0v) is 15.0. The van der Waals surface area contributed by atoms with Crippen molar-refractivity contribution in [3.63, 3.8) is 0 Å². The predicted octanol–water partition coefficient (Wildman–Crippen LogP) is 4.41. The Kier molecular flexibility index (Phi) is 5.22. The number of ether oxygens (including phenoxy) is 2. The number of methoxy groups -OCH3 is 1. The lowest BCUT2D eigenvalue weighted by Crippen LogP contribution is -2.18. The van der Waals surface area contributed by atoms with Crippen LogP contribution in [0.25, 0.3) is 11.1 Å². The third-order valence-corrected chi connectivity index (χ3v) is 4.11. The number of benzene rings is 2. The number of anilines is 1. The van der Waals surface area contributed by atoms with Crippen LogP contribution in [-0.2, 0) is 11.8 Å². The molecule has 1 amide bonds. The zero-order chi connectivity index (χ0) is 18.5. The van der Waals surface area contributed by atoms with E-state index in [-0.39, 0.29) is 6.10 Å². The first-order chi connectivity index (χ1) is 12.6. The lowest BCUT2D eigenvalue weighted by atomic mass is 10.1. The quantitative estimate of drug-likeness (QED) is 0.740. The molecule has 0 aliphatic rings. The first kappa shape index (κ1) is 17.5. The van der Waals surface area contributed by atoms with Gasteiger partial charge in [0.2, 0.25) is 0 Å². The third-order valence-electron chi connectivity index (χ3n) is 4.11. The summed E-state index contributed by atoms with van der Waals surface area (Å²) in [6.45, 7) is 1.84. The second-order valence-corrected chi connectivity index (χ2v) is 5.84. The molecule has 0 fully saturated rings. The summed E-state index contributed by atoms with van der Waals surface area (Å²) < 4.78 is 12.3. The summed E-state index contributed by atoms with van der Waals surface area (Å²) in [7, 11) is 3.39. The summed E-state index contributed by atoms with van der Waals surface area (Å²) in [4.78, 5) is 12.3. The highest BCUT2D eigenvalue weighted by Gasteiger charge is 2.17. The first-order valence-corrected chi connectivity index (χ1v) is 8.27. The Morgan fingerprint density at radius 2 is 1.81 bits per heavy atom. The van der Waals surface area contributed by atoms with Gasteiger partial charge in [-0.3, -0.25) is 10.00 Å². The molecule has 0 aliphatic heterocycles. The molecular weight excluding hydrogens is 330 g/mol. The maximum absolute atomic E-state index is 12.3. The molecule has 6 heteroatoms. The van der Waals surface area contributed by atoms with Gasteiger partial charge in [0.15, 0.2) is 0 Å². The molecule has 2 aromatic carbocycles. The van der Waals surface area contributed by atoms with Gasteiger partial charge in [-0.2, -0.15) is 5.10 Å². The van der Waals surface area contributed by atoms with Crippen LogP contribution in [0.15, 0.2) is 60.8 Å². The second kappa shape index (κ2) is 7.74. The van der Waals surface area contributed by atoms with Crippen LogP contribution in [-0.4, -0.2) is 23.0 Å². The highest BCUT2D eigenvalue weighted by atomic mass is 16.6. The van der Waals surface area contributed by atoms with Crippen LogP contribution < -0.4 is 10.1 Å². The Bertz CT molecular complexity index is 873. The molecule has 26 heavy (non-hydrogen) atoms. The van der Waals surface area contributed by atoms with E-state index in [1.807, 2.05) is 61.5 Å². The molecule has 0 saturated heterocycles. The van der Waals surface area contributed by atoms with Crippen molar-refractivity contribution in [2.45, 2.75) is 13.0 Å². The number of nitrogens with one attached hydrogen (secondary N) is 1. The number of aryl methyl sites for hydroxylation is 1. The number of rotatable bonds is 5. The van der Waals surface area contributed by atoms with Crippen molar-refractivity contribution < 1.29 is 14.3 Å². The fourth-order valence-electron chi connectivity index (χ4n) is 2.65. The summed E-state index contributed by atoms with van der Waals surface area (Å²) in [5, 5.41) is 7.04. The number of amides is 1. The average molecular weight is 351 g/mol. The van der Waals surface area contributed by atoms with Crippen molar-refractivity contribution in [2.24, 2.45) is 7.05 Å². The Balaban J connectivity index is 1.75. The summed E-state index contributed by atoms with van der Waals surface area (Å²) in [5.74, 6) is 1.34. The smallest absolute Gasteiger partial charge is 0.413 e. The molecular formula is C20H21N3O3. The van der Waals surface area contributed by atoms with Crippen LogP contribution in [0.5, 0.6) is 5.75 Å². The average Bonchev–Trinajstić information content (AvgIpc) is 3.03. The summed E-state index contributed by atoms with van der Waals surface area (Å²) in [5.41, 5.74) is 2.66. The summed E-state index contributed by atoms with van der Waals surface area (Å²) >= 11 is 0. The van der Waals surface area contributed by atoms with Gasteiger partial charge in [0, 0.05) is 12.6 Å². The van der Waals surface area contributed by atoms with Crippen molar-refractivity contribution in [3.8, 4) is 16.9 Å². The van der Waals surface area contributed by atoms with E-state index in [1.165, 1.54) is 0 Å². The highest BCUT2D eigenvalue weighted by Crippen LogP contribution is 2.29. The molecule has 1 aromatic heterocycles. The van der Waals surface area contributed by atoms with Crippen molar-refractivity contribution in [2.75, 3.05) is 12.4 Å². The van der Waals surface area contributed by atoms with E-state index in [4.69, 9.17) is 9.47 Å². The molecule has 3 rings (SSSR count). The van der Waals surface area contributed by atoms with Crippen LogP contribution >= 0.6 is 0 Å². The third kappa shape index (κ3) is 3.85. The maximum atomic E-state index is 12.3. The van der Waals surface area contributed by atoms with Crippen LogP contribution in [0, 0.1) is 0 Å². The van der Waals surface area contributed by atoms with E-state index >= 15 is 0 Å². The van der Waals surface area contributed by atoms with Gasteiger partial charge in [0.25, 0.3) is 0 Å². The van der Waals surface area contributed by atoms with Gasteiger partial charge in [-0.1, -0.05) is 42.5 Å². The zero-order valence-electron chi connectivity index (χ0n) is 15.0. The molecule has 134 valence electrons. The van der Waals surface area contributed by atoms with E-state index in [2.05, 4.69) is 10.4 Å². The monoisotopic (exact) mass is 351 g/mol. The van der Waals surface area contributed by atoms with Crippen molar-refractivity contribution >= 4 is 11.9 Å². The number of aromatic nitrogens is 2. The Labute approximate surface area is 152 Å². The van der Waals surface area contributed by atoms with Crippen molar-refractivity contribution in [1.29, 1.82) is 0 Å². The Morgan fingerprint density at radius 3 is 2.46 bits per heavy atom. The topological polar surface area (TPSA) is 65.4 Å². The maximum Gasteiger partial charge on any atom is 0.413 e. The van der Waals surface area contributed by atoms with Gasteiger partial charge in [-0.25, -0.2) is 4.79 Å². The molecule has 0 bridgehead atoms. The van der Waals surface area contributed by atoms with Gasteiger partial charge in [-0.05, 0) is 30.2 Å². The van der Waals surface area contributed by atoms with Gasteiger partial charge in [0.1, 0.15) is 17.7 Å². The molecule has 0 aliphatic carbocycles. The van der Waals surface area contributed by atoms with Crippen LogP contribution in [0.3, 0.4) is 0 Å². The lowest BCUT2D eigenvalue weighted by Gasteiger charge is -2.15. The van der Waals surface area contributed by atoms with Gasteiger partial charge in [-0.15, -0.1) is 0 Å². The molecule has 0 spiro atoms. The van der Waals surface area contributed by atoms with Crippen LogP contribution in [0.1, 0.15) is 18.6 Å². The Morgan fingerprint density at radius 1 is 1.12 bits per heavy atom. The number of hydrogen-bond acceptors (Lipinski definition) is 4. The minimum Gasteiger partial charge on any atom is -0.497 e. The molecule has 0 saturated carbocycles. The normalized spacial score (nSPS) is 11.7. The molecule has 1 atom stereocenters. The van der Waals surface area contributed by atoms with Gasteiger partial charge in [0.05, 0.1) is 13.3 Å². The molecule has 6 nitrogen and oxygen atoms in total. The minimum atomic E-state index is -0.528. The van der Waals surface area contributed by atoms with Gasteiger partial charge < -0.3 is 9.47 Å². The fraction of sp³-hybridized carbons (Fsp3) is 0.200. The first-order valence-electron chi connectivity index (χ1n) is 8.27. The molecule has 0 radical (unpaired) electrons. The SMILES string of the molecule is COc1ccc(-c2cnn(C)c2NC(=O)O[C@H](C)c2ccccc2)cc1. The Hall–Kier alpha value is -3.28. The summed E-state index contributed by atoms with van der Waals surface area (Å²) in [6.07, 6.45) is 0.825. The minimum absolute atomic E-state index is 0.353. The van der Waals surface area contributed by atoms with Crippen LogP contribution in [0.2, 0.25) is 0 Å². The number of hydrogen-bond donors (Lipinski definition) is 1. The fourth-order valence-corrected chi connectivity index (χ4v) is 2.65. The van der Waals surface area contributed by atoms with Crippen molar-refractivity contribution in [3.05, 3.63) is 66.4 Å². The standard InChI is InChI=1S/C20H21N3O3/c1-14(15-7-5-4-6-8-15)26-20(24)22-19-18(13-21-23(19)2)16-9-11-17(25-3)12-10-16/h4-14H,1-3H3,(H,22,24)/t14-/m1/s1. The van der Waals surface area contributed by atoms with Crippen molar-refractivity contribution in [1.82, 2.24) is 9.78 Å². The molecule has 1 heterocycles. The second-order valence-electron chi connectivity index (χ2n) is 5.84. The predicted molar refractivity (Wildman–Crippen MR) is 100 cm³/mol. The molecule has 0 unspecified atom stereocenters. The molecule has 1 N–H and O–H groups in total. The number of carbonyl (C=O) groups is 1. The molecule has 3 aromatic rings. The largest absolute Gasteiger partial charge is 0.497 e.